The maximum atomic E-state index is 13.6. The number of nitrogens with one attached hydrogen (secondary N) is 2. The Morgan fingerprint density at radius 2 is 1.94 bits per heavy atom. The summed E-state index contributed by atoms with van der Waals surface area (Å²) >= 11 is 12.5. The zero-order valence-corrected chi connectivity index (χ0v) is 20.8. The van der Waals surface area contributed by atoms with Crippen molar-refractivity contribution in [1.29, 1.82) is 0 Å². The first-order valence-corrected chi connectivity index (χ1v) is 12.3. The van der Waals surface area contributed by atoms with Crippen LogP contribution in [0.15, 0.2) is 48.7 Å². The van der Waals surface area contributed by atoms with Crippen LogP contribution in [0, 0.1) is 5.92 Å². The molecule has 0 bridgehead atoms. The Labute approximate surface area is 213 Å². The highest BCUT2D eigenvalue weighted by Crippen LogP contribution is 2.36. The molecule has 2 aliphatic rings. The molecule has 1 fully saturated rings. The van der Waals surface area contributed by atoms with Gasteiger partial charge in [0, 0.05) is 48.7 Å². The topological polar surface area (TPSA) is 82.5 Å². The molecule has 2 aliphatic heterocycles. The molecule has 182 valence electrons. The molecule has 0 radical (unpaired) electrons. The van der Waals surface area contributed by atoms with Crippen molar-refractivity contribution >= 4 is 52.4 Å². The van der Waals surface area contributed by atoms with Gasteiger partial charge in [-0.05, 0) is 54.4 Å². The molecule has 3 heterocycles. The zero-order valence-electron chi connectivity index (χ0n) is 19.3. The fourth-order valence-corrected chi connectivity index (χ4v) is 5.00. The molecular weight excluding hydrogens is 487 g/mol. The van der Waals surface area contributed by atoms with E-state index in [0.29, 0.717) is 36.8 Å². The van der Waals surface area contributed by atoms with Gasteiger partial charge in [-0.3, -0.25) is 14.3 Å². The van der Waals surface area contributed by atoms with E-state index in [1.807, 2.05) is 31.3 Å². The number of anilines is 3. The van der Waals surface area contributed by atoms with Gasteiger partial charge in [-0.15, -0.1) is 0 Å². The first-order valence-electron chi connectivity index (χ1n) is 11.6. The Kier molecular flexibility index (Phi) is 6.69. The molecule has 0 spiro atoms. The van der Waals surface area contributed by atoms with Crippen molar-refractivity contribution in [3.8, 4) is 0 Å². The predicted octanol–water partition coefficient (Wildman–Crippen LogP) is 4.46. The monoisotopic (exact) mass is 512 g/mol. The van der Waals surface area contributed by atoms with Crippen molar-refractivity contribution in [3.05, 3.63) is 70.4 Å². The fraction of sp³-hybridized carbons (Fsp3) is 0.320. The summed E-state index contributed by atoms with van der Waals surface area (Å²) in [6.07, 6.45) is 3.24. The van der Waals surface area contributed by atoms with Gasteiger partial charge in [0.1, 0.15) is 5.82 Å². The average molecular weight is 513 g/mol. The van der Waals surface area contributed by atoms with Crippen LogP contribution in [0.3, 0.4) is 0 Å². The van der Waals surface area contributed by atoms with Gasteiger partial charge in [-0.25, -0.2) is 4.42 Å². The molecule has 35 heavy (non-hydrogen) atoms. The molecule has 0 aliphatic carbocycles. The molecule has 2 amide bonds. The summed E-state index contributed by atoms with van der Waals surface area (Å²) in [5.74, 6) is 0.653. The van der Waals surface area contributed by atoms with E-state index >= 15 is 0 Å². The minimum absolute atomic E-state index is 0.00642. The lowest BCUT2D eigenvalue weighted by molar-refractivity contribution is -0.126. The van der Waals surface area contributed by atoms with Gasteiger partial charge in [0.15, 0.2) is 0 Å². The Bertz CT molecular complexity index is 1270. The second kappa shape index (κ2) is 9.89. The van der Waals surface area contributed by atoms with Gasteiger partial charge < -0.3 is 15.5 Å². The molecule has 8 nitrogen and oxygen atoms in total. The van der Waals surface area contributed by atoms with Gasteiger partial charge in [0.2, 0.25) is 5.91 Å². The third kappa shape index (κ3) is 4.87. The summed E-state index contributed by atoms with van der Waals surface area (Å²) in [7, 11) is 1.87. The molecular formula is C25H26Cl2N6O2. The van der Waals surface area contributed by atoms with Gasteiger partial charge in [0.25, 0.3) is 5.91 Å². The number of carbonyl (C=O) groups excluding carboxylic acids is 2. The Hall–Kier alpha value is -3.07. The lowest BCUT2D eigenvalue weighted by Crippen LogP contribution is -2.37. The normalized spacial score (nSPS) is 16.1. The molecule has 1 aromatic heterocycles. The predicted molar refractivity (Wildman–Crippen MR) is 137 cm³/mol. The smallest absolute Gasteiger partial charge is 0.258 e. The maximum Gasteiger partial charge on any atom is 0.258 e. The number of benzene rings is 2. The summed E-state index contributed by atoms with van der Waals surface area (Å²) < 4.78 is 3.48. The number of aryl methyl sites for hydroxylation is 1. The van der Waals surface area contributed by atoms with Gasteiger partial charge >= 0.3 is 0 Å². The van der Waals surface area contributed by atoms with E-state index in [0.717, 1.165) is 41.2 Å². The molecule has 0 unspecified atom stereocenters. The number of piperidine rings is 1. The average Bonchev–Trinajstić information content (AvgIpc) is 3.11. The number of para-hydroxylation sites is 2. The van der Waals surface area contributed by atoms with Crippen LogP contribution in [0.25, 0.3) is 0 Å². The van der Waals surface area contributed by atoms with Crippen molar-refractivity contribution < 1.29 is 9.59 Å². The Morgan fingerprint density at radius 1 is 1.17 bits per heavy atom. The molecule has 5 rings (SSSR count). The SMILES string of the molecule is Cn1ncc2c1Nc1ccccc1N(C(=O)c1ccc(CNC(=O)C3CCN(Cl)CC3)c(Cl)c1)C2. The summed E-state index contributed by atoms with van der Waals surface area (Å²) in [4.78, 5) is 27.9. The Morgan fingerprint density at radius 3 is 2.71 bits per heavy atom. The Balaban J connectivity index is 1.33. The van der Waals surface area contributed by atoms with Gasteiger partial charge in [-0.1, -0.05) is 29.8 Å². The molecule has 2 aromatic carbocycles. The van der Waals surface area contributed by atoms with E-state index in [1.165, 1.54) is 0 Å². The molecule has 3 aromatic rings. The van der Waals surface area contributed by atoms with E-state index in [2.05, 4.69) is 15.7 Å². The third-order valence-corrected chi connectivity index (χ3v) is 7.29. The van der Waals surface area contributed by atoms with Crippen LogP contribution in [-0.4, -0.2) is 39.1 Å². The highest BCUT2D eigenvalue weighted by atomic mass is 35.5. The van der Waals surface area contributed by atoms with Gasteiger partial charge in [0.05, 0.1) is 24.1 Å². The van der Waals surface area contributed by atoms with Crippen molar-refractivity contribution in [2.75, 3.05) is 23.3 Å². The minimum Gasteiger partial charge on any atom is -0.352 e. The first-order chi connectivity index (χ1) is 16.9. The summed E-state index contributed by atoms with van der Waals surface area (Å²) in [5.41, 5.74) is 3.76. The van der Waals surface area contributed by atoms with E-state index in [4.69, 9.17) is 23.4 Å². The molecule has 10 heteroatoms. The van der Waals surface area contributed by atoms with Crippen molar-refractivity contribution in [2.45, 2.75) is 25.9 Å². The number of carbonyl (C=O) groups is 2. The van der Waals surface area contributed by atoms with Crippen LogP contribution in [0.2, 0.25) is 5.02 Å². The second-order valence-corrected chi connectivity index (χ2v) is 9.77. The zero-order chi connectivity index (χ0) is 24.5. The fourth-order valence-electron chi connectivity index (χ4n) is 4.56. The number of rotatable bonds is 4. The second-order valence-electron chi connectivity index (χ2n) is 8.88. The van der Waals surface area contributed by atoms with Crippen LogP contribution in [0.1, 0.15) is 34.3 Å². The lowest BCUT2D eigenvalue weighted by atomic mass is 9.97. The highest BCUT2D eigenvalue weighted by Gasteiger charge is 2.27. The standard InChI is InChI=1S/C25H26Cl2N6O2/c1-31-23-19(14-29-31)15-33(22-5-3-2-4-21(22)30-23)25(35)17-6-7-18(20(26)12-17)13-28-24(34)16-8-10-32(27)11-9-16/h2-7,12,14,16,30H,8-11,13,15H2,1H3,(H,28,34). The molecule has 0 atom stereocenters. The summed E-state index contributed by atoms with van der Waals surface area (Å²) in [5, 5.41) is 11.1. The van der Waals surface area contributed by atoms with Crippen LogP contribution in [0.4, 0.5) is 17.2 Å². The van der Waals surface area contributed by atoms with E-state index in [1.54, 1.807) is 38.4 Å². The highest BCUT2D eigenvalue weighted by molar-refractivity contribution is 6.32. The van der Waals surface area contributed by atoms with E-state index < -0.39 is 0 Å². The molecule has 1 saturated heterocycles. The van der Waals surface area contributed by atoms with Crippen molar-refractivity contribution in [2.24, 2.45) is 13.0 Å². The third-order valence-electron chi connectivity index (χ3n) is 6.60. The molecule has 2 N–H and O–H groups in total. The summed E-state index contributed by atoms with van der Waals surface area (Å²) in [6, 6.07) is 12.9. The minimum atomic E-state index is -0.165. The number of hydrogen-bond donors (Lipinski definition) is 2. The van der Waals surface area contributed by atoms with Crippen LogP contribution in [0.5, 0.6) is 0 Å². The number of fused-ring (bicyclic) bond motifs is 2. The summed E-state index contributed by atoms with van der Waals surface area (Å²) in [6.45, 7) is 2.09. The van der Waals surface area contributed by atoms with Crippen molar-refractivity contribution in [3.63, 3.8) is 0 Å². The van der Waals surface area contributed by atoms with Crippen LogP contribution < -0.4 is 15.5 Å². The quantitative estimate of drug-likeness (QED) is 0.504. The number of halogens is 2. The number of amides is 2. The van der Waals surface area contributed by atoms with E-state index in [9.17, 15) is 9.59 Å². The lowest BCUT2D eigenvalue weighted by Gasteiger charge is -2.26. The van der Waals surface area contributed by atoms with Crippen LogP contribution >= 0.6 is 23.4 Å². The maximum absolute atomic E-state index is 13.6. The largest absolute Gasteiger partial charge is 0.352 e. The number of nitrogens with zero attached hydrogens (tertiary/aromatic N) is 4. The van der Waals surface area contributed by atoms with Crippen LogP contribution in [-0.2, 0) is 24.9 Å². The van der Waals surface area contributed by atoms with E-state index in [-0.39, 0.29) is 17.7 Å². The van der Waals surface area contributed by atoms with Crippen molar-refractivity contribution in [1.82, 2.24) is 19.5 Å². The first kappa shape index (κ1) is 23.7. The molecule has 0 saturated carbocycles. The van der Waals surface area contributed by atoms with Gasteiger partial charge in [-0.2, -0.15) is 5.10 Å². The number of hydrogen-bond acceptors (Lipinski definition) is 5. The number of aromatic nitrogens is 2.